The third kappa shape index (κ3) is 2.57. The average Bonchev–Trinajstić information content (AvgIpc) is 3.03. The molecule has 0 aliphatic carbocycles. The second-order valence-electron chi connectivity index (χ2n) is 4.66. The van der Waals surface area contributed by atoms with E-state index in [-0.39, 0.29) is 0 Å². The summed E-state index contributed by atoms with van der Waals surface area (Å²) in [4.78, 5) is 0. The second-order valence-corrected chi connectivity index (χ2v) is 4.66. The summed E-state index contributed by atoms with van der Waals surface area (Å²) in [5.41, 5.74) is 4.64. The Kier molecular flexibility index (Phi) is 3.50. The number of hydrogen-bond acceptors (Lipinski definition) is 2. The zero-order valence-corrected chi connectivity index (χ0v) is 11.3. The van der Waals surface area contributed by atoms with Crippen molar-refractivity contribution in [3.8, 4) is 17.0 Å². The number of ether oxygens (including phenoxy) is 1. The van der Waals surface area contributed by atoms with Crippen LogP contribution in [0, 0.1) is 0 Å². The summed E-state index contributed by atoms with van der Waals surface area (Å²) < 4.78 is 5.39. The lowest BCUT2D eigenvalue weighted by atomic mass is 10.0. The number of aromatic nitrogens is 2. The van der Waals surface area contributed by atoms with Crippen LogP contribution in [0.5, 0.6) is 5.75 Å². The van der Waals surface area contributed by atoms with Gasteiger partial charge in [-0.1, -0.05) is 42.5 Å². The molecule has 0 aliphatic heterocycles. The van der Waals surface area contributed by atoms with Gasteiger partial charge in [-0.3, -0.25) is 5.10 Å². The Labute approximate surface area is 118 Å². The number of rotatable bonds is 4. The van der Waals surface area contributed by atoms with Gasteiger partial charge in [0.15, 0.2) is 0 Å². The molecular formula is C17H16N2O. The molecule has 0 fully saturated rings. The van der Waals surface area contributed by atoms with E-state index in [1.54, 1.807) is 13.3 Å². The first-order valence-electron chi connectivity index (χ1n) is 6.57. The minimum atomic E-state index is 0.868. The lowest BCUT2D eigenvalue weighted by molar-refractivity contribution is 0.410. The second kappa shape index (κ2) is 5.61. The van der Waals surface area contributed by atoms with E-state index in [1.807, 2.05) is 24.3 Å². The Morgan fingerprint density at radius 3 is 2.50 bits per heavy atom. The molecule has 1 N–H and O–H groups in total. The summed E-state index contributed by atoms with van der Waals surface area (Å²) in [6.45, 7) is 0. The van der Waals surface area contributed by atoms with Crippen LogP contribution in [0.15, 0.2) is 60.8 Å². The number of nitrogens with one attached hydrogen (secondary N) is 1. The molecule has 100 valence electrons. The van der Waals surface area contributed by atoms with Crippen LogP contribution in [-0.2, 0) is 6.42 Å². The summed E-state index contributed by atoms with van der Waals surface area (Å²) in [6.07, 6.45) is 2.63. The SMILES string of the molecule is COc1ccccc1Cc1ccc(-c2ccn[nH]2)cc1. The molecule has 0 aliphatic rings. The Morgan fingerprint density at radius 1 is 1.00 bits per heavy atom. The van der Waals surface area contributed by atoms with E-state index >= 15 is 0 Å². The van der Waals surface area contributed by atoms with Crippen molar-refractivity contribution in [1.29, 1.82) is 0 Å². The molecule has 3 nitrogen and oxygen atoms in total. The lowest BCUT2D eigenvalue weighted by Gasteiger charge is -2.08. The normalized spacial score (nSPS) is 10.4. The van der Waals surface area contributed by atoms with Gasteiger partial charge >= 0.3 is 0 Å². The van der Waals surface area contributed by atoms with Gasteiger partial charge in [0.2, 0.25) is 0 Å². The van der Waals surface area contributed by atoms with Crippen molar-refractivity contribution < 1.29 is 4.74 Å². The number of hydrogen-bond donors (Lipinski definition) is 1. The highest BCUT2D eigenvalue weighted by Crippen LogP contribution is 2.22. The molecule has 0 unspecified atom stereocenters. The Morgan fingerprint density at radius 2 is 1.80 bits per heavy atom. The molecule has 0 spiro atoms. The van der Waals surface area contributed by atoms with Crippen LogP contribution in [0.4, 0.5) is 0 Å². The van der Waals surface area contributed by atoms with E-state index in [9.17, 15) is 0 Å². The van der Waals surface area contributed by atoms with Crippen molar-refractivity contribution in [3.63, 3.8) is 0 Å². The molecule has 0 radical (unpaired) electrons. The van der Waals surface area contributed by atoms with E-state index < -0.39 is 0 Å². The first-order valence-corrected chi connectivity index (χ1v) is 6.57. The Bertz CT molecular complexity index is 672. The highest BCUT2D eigenvalue weighted by atomic mass is 16.5. The molecule has 20 heavy (non-hydrogen) atoms. The van der Waals surface area contributed by atoms with Gasteiger partial charge < -0.3 is 4.74 Å². The maximum Gasteiger partial charge on any atom is 0.122 e. The van der Waals surface area contributed by atoms with Crippen molar-refractivity contribution in [2.24, 2.45) is 0 Å². The Balaban J connectivity index is 1.82. The standard InChI is InChI=1S/C17H16N2O/c1-20-17-5-3-2-4-15(17)12-13-6-8-14(9-7-13)16-10-11-18-19-16/h2-11H,12H2,1H3,(H,18,19). The van der Waals surface area contributed by atoms with Crippen molar-refractivity contribution in [2.45, 2.75) is 6.42 Å². The number of nitrogens with zero attached hydrogens (tertiary/aromatic N) is 1. The number of para-hydroxylation sites is 1. The summed E-state index contributed by atoms with van der Waals surface area (Å²) in [6, 6.07) is 18.6. The van der Waals surface area contributed by atoms with Crippen LogP contribution >= 0.6 is 0 Å². The summed E-state index contributed by atoms with van der Waals surface area (Å²) in [5, 5.41) is 6.94. The van der Waals surface area contributed by atoms with Crippen LogP contribution in [-0.4, -0.2) is 17.3 Å². The molecule has 0 atom stereocenters. The maximum atomic E-state index is 5.39. The molecule has 0 bridgehead atoms. The predicted molar refractivity (Wildman–Crippen MR) is 79.8 cm³/mol. The van der Waals surface area contributed by atoms with Crippen molar-refractivity contribution in [2.75, 3.05) is 7.11 Å². The van der Waals surface area contributed by atoms with E-state index in [4.69, 9.17) is 4.74 Å². The van der Waals surface area contributed by atoms with Crippen molar-refractivity contribution >= 4 is 0 Å². The summed E-state index contributed by atoms with van der Waals surface area (Å²) >= 11 is 0. The summed E-state index contributed by atoms with van der Waals surface area (Å²) in [5.74, 6) is 0.935. The molecule has 0 saturated heterocycles. The third-order valence-corrected chi connectivity index (χ3v) is 3.35. The predicted octanol–water partition coefficient (Wildman–Crippen LogP) is 3.68. The number of H-pyrrole nitrogens is 1. The first-order chi connectivity index (χ1) is 9.86. The van der Waals surface area contributed by atoms with Gasteiger partial charge in [0.1, 0.15) is 5.75 Å². The van der Waals surface area contributed by atoms with E-state index in [1.165, 1.54) is 11.1 Å². The van der Waals surface area contributed by atoms with Crippen molar-refractivity contribution in [1.82, 2.24) is 10.2 Å². The van der Waals surface area contributed by atoms with E-state index in [2.05, 4.69) is 40.5 Å². The minimum absolute atomic E-state index is 0.868. The lowest BCUT2D eigenvalue weighted by Crippen LogP contribution is -1.93. The van der Waals surface area contributed by atoms with E-state index in [0.29, 0.717) is 0 Å². The van der Waals surface area contributed by atoms with Crippen LogP contribution in [0.2, 0.25) is 0 Å². The molecule has 3 heteroatoms. The highest BCUT2D eigenvalue weighted by Gasteiger charge is 2.04. The monoisotopic (exact) mass is 264 g/mol. The topological polar surface area (TPSA) is 37.9 Å². The van der Waals surface area contributed by atoms with Gasteiger partial charge in [-0.2, -0.15) is 5.10 Å². The van der Waals surface area contributed by atoms with Gasteiger partial charge in [0.05, 0.1) is 12.8 Å². The van der Waals surface area contributed by atoms with Crippen molar-refractivity contribution in [3.05, 3.63) is 71.9 Å². The number of methoxy groups -OCH3 is 1. The van der Waals surface area contributed by atoms with E-state index in [0.717, 1.165) is 23.4 Å². The molecular weight excluding hydrogens is 248 g/mol. The van der Waals surface area contributed by atoms with Gasteiger partial charge in [-0.15, -0.1) is 0 Å². The Hall–Kier alpha value is -2.55. The number of benzene rings is 2. The fourth-order valence-corrected chi connectivity index (χ4v) is 2.29. The van der Waals surface area contributed by atoms with Gasteiger partial charge in [0.25, 0.3) is 0 Å². The minimum Gasteiger partial charge on any atom is -0.496 e. The van der Waals surface area contributed by atoms with Crippen LogP contribution < -0.4 is 4.74 Å². The molecule has 0 saturated carbocycles. The number of aromatic amines is 1. The van der Waals surface area contributed by atoms with Crippen LogP contribution in [0.1, 0.15) is 11.1 Å². The van der Waals surface area contributed by atoms with Gasteiger partial charge in [-0.25, -0.2) is 0 Å². The zero-order chi connectivity index (χ0) is 13.8. The van der Waals surface area contributed by atoms with Crippen LogP contribution in [0.3, 0.4) is 0 Å². The smallest absolute Gasteiger partial charge is 0.122 e. The average molecular weight is 264 g/mol. The highest BCUT2D eigenvalue weighted by molar-refractivity contribution is 5.58. The maximum absolute atomic E-state index is 5.39. The quantitative estimate of drug-likeness (QED) is 0.780. The molecule has 1 heterocycles. The largest absolute Gasteiger partial charge is 0.496 e. The molecule has 1 aromatic heterocycles. The third-order valence-electron chi connectivity index (χ3n) is 3.35. The first kappa shape index (κ1) is 12.5. The summed E-state index contributed by atoms with van der Waals surface area (Å²) in [7, 11) is 1.71. The molecule has 0 amide bonds. The molecule has 2 aromatic carbocycles. The molecule has 3 aromatic rings. The molecule has 3 rings (SSSR count). The van der Waals surface area contributed by atoms with Crippen LogP contribution in [0.25, 0.3) is 11.3 Å². The fourth-order valence-electron chi connectivity index (χ4n) is 2.29. The van der Waals surface area contributed by atoms with Gasteiger partial charge in [0, 0.05) is 12.6 Å². The van der Waals surface area contributed by atoms with Gasteiger partial charge in [-0.05, 0) is 28.8 Å². The fraction of sp³-hybridized carbons (Fsp3) is 0.118. The zero-order valence-electron chi connectivity index (χ0n) is 11.3.